The summed E-state index contributed by atoms with van der Waals surface area (Å²) in [5.41, 5.74) is 6.32. The number of hydrogen-bond acceptors (Lipinski definition) is 3. The van der Waals surface area contributed by atoms with Gasteiger partial charge in [-0.15, -0.1) is 0 Å². The van der Waals surface area contributed by atoms with E-state index in [9.17, 15) is 9.59 Å². The second-order valence-electron chi connectivity index (χ2n) is 6.19. The number of methoxy groups -OCH3 is 1. The van der Waals surface area contributed by atoms with E-state index in [1.807, 2.05) is 36.1 Å². The third-order valence-electron chi connectivity index (χ3n) is 4.50. The van der Waals surface area contributed by atoms with Crippen molar-refractivity contribution in [3.05, 3.63) is 29.8 Å². The number of carbonyl (C=O) groups is 2. The molecule has 1 aromatic carbocycles. The molecule has 0 saturated carbocycles. The SMILES string of the molecule is CCC[C@@H](NC(N)=O)C(=O)N1CCC[C@H]1Cc1ccccc1OC. The number of nitrogens with zero attached hydrogens (tertiary/aromatic N) is 1. The van der Waals surface area contributed by atoms with Crippen LogP contribution in [0.15, 0.2) is 24.3 Å². The standard InChI is InChI=1S/C18H27N3O3/c1-3-7-15(20-18(19)23)17(22)21-11-6-9-14(21)12-13-8-4-5-10-16(13)24-2/h4-5,8,10,14-15H,3,6-7,9,11-12H2,1-2H3,(H3,19,20,23)/t14-,15+/m0/s1. The maximum atomic E-state index is 12.9. The van der Waals surface area contributed by atoms with Gasteiger partial charge in [0.2, 0.25) is 5.91 Å². The Hall–Kier alpha value is -2.24. The van der Waals surface area contributed by atoms with Crippen LogP contribution in [-0.4, -0.2) is 42.6 Å². The summed E-state index contributed by atoms with van der Waals surface area (Å²) in [5.74, 6) is 0.810. The van der Waals surface area contributed by atoms with Gasteiger partial charge in [0, 0.05) is 12.6 Å². The van der Waals surface area contributed by atoms with E-state index in [1.54, 1.807) is 7.11 Å². The Kier molecular flexibility index (Phi) is 6.46. The van der Waals surface area contributed by atoms with Crippen LogP contribution in [0.4, 0.5) is 4.79 Å². The first-order chi connectivity index (χ1) is 11.6. The minimum atomic E-state index is -0.651. The summed E-state index contributed by atoms with van der Waals surface area (Å²) in [6, 6.07) is 6.83. The Labute approximate surface area is 143 Å². The molecule has 132 valence electrons. The van der Waals surface area contributed by atoms with Crippen molar-refractivity contribution in [3.8, 4) is 5.75 Å². The number of urea groups is 1. The lowest BCUT2D eigenvalue weighted by atomic mass is 10.0. The number of benzene rings is 1. The third-order valence-corrected chi connectivity index (χ3v) is 4.50. The molecule has 1 aromatic rings. The van der Waals surface area contributed by atoms with Gasteiger partial charge in [-0.25, -0.2) is 4.79 Å². The topological polar surface area (TPSA) is 84.7 Å². The van der Waals surface area contributed by atoms with Crippen LogP contribution in [0.2, 0.25) is 0 Å². The molecule has 3 amide bonds. The smallest absolute Gasteiger partial charge is 0.312 e. The normalized spacial score (nSPS) is 18.2. The van der Waals surface area contributed by atoms with Crippen molar-refractivity contribution < 1.29 is 14.3 Å². The van der Waals surface area contributed by atoms with E-state index in [4.69, 9.17) is 10.5 Å². The van der Waals surface area contributed by atoms with Crippen molar-refractivity contribution in [2.75, 3.05) is 13.7 Å². The van der Waals surface area contributed by atoms with Gasteiger partial charge in [-0.3, -0.25) is 4.79 Å². The van der Waals surface area contributed by atoms with E-state index >= 15 is 0 Å². The average Bonchev–Trinajstić information content (AvgIpc) is 3.02. The van der Waals surface area contributed by atoms with Crippen LogP contribution in [0, 0.1) is 0 Å². The minimum Gasteiger partial charge on any atom is -0.496 e. The summed E-state index contributed by atoms with van der Waals surface area (Å²) < 4.78 is 5.41. The number of hydrogen-bond donors (Lipinski definition) is 2. The summed E-state index contributed by atoms with van der Waals surface area (Å²) in [4.78, 5) is 25.9. The molecule has 24 heavy (non-hydrogen) atoms. The monoisotopic (exact) mass is 333 g/mol. The highest BCUT2D eigenvalue weighted by Crippen LogP contribution is 2.26. The highest BCUT2D eigenvalue weighted by molar-refractivity contribution is 5.87. The van der Waals surface area contributed by atoms with E-state index in [0.717, 1.165) is 43.5 Å². The Morgan fingerprint density at radius 1 is 1.42 bits per heavy atom. The number of ether oxygens (including phenoxy) is 1. The molecule has 0 spiro atoms. The van der Waals surface area contributed by atoms with Crippen LogP contribution in [0.5, 0.6) is 5.75 Å². The van der Waals surface area contributed by atoms with Gasteiger partial charge in [0.25, 0.3) is 0 Å². The van der Waals surface area contributed by atoms with E-state index in [-0.39, 0.29) is 11.9 Å². The zero-order valence-corrected chi connectivity index (χ0v) is 14.5. The van der Waals surface area contributed by atoms with Crippen LogP contribution in [-0.2, 0) is 11.2 Å². The van der Waals surface area contributed by atoms with Crippen molar-refractivity contribution in [1.82, 2.24) is 10.2 Å². The summed E-state index contributed by atoms with van der Waals surface area (Å²) in [6.45, 7) is 2.71. The zero-order valence-electron chi connectivity index (χ0n) is 14.5. The summed E-state index contributed by atoms with van der Waals surface area (Å²) in [7, 11) is 1.66. The largest absolute Gasteiger partial charge is 0.496 e. The highest BCUT2D eigenvalue weighted by atomic mass is 16.5. The molecular formula is C18H27N3O3. The second-order valence-corrected chi connectivity index (χ2v) is 6.19. The first-order valence-electron chi connectivity index (χ1n) is 8.55. The molecule has 1 saturated heterocycles. The number of rotatable bonds is 7. The Morgan fingerprint density at radius 2 is 2.17 bits per heavy atom. The van der Waals surface area contributed by atoms with Crippen LogP contribution < -0.4 is 15.8 Å². The molecule has 0 unspecified atom stereocenters. The Morgan fingerprint density at radius 3 is 2.83 bits per heavy atom. The summed E-state index contributed by atoms with van der Waals surface area (Å²) in [6.07, 6.45) is 4.09. The molecule has 0 bridgehead atoms. The van der Waals surface area contributed by atoms with E-state index in [0.29, 0.717) is 6.42 Å². The van der Waals surface area contributed by atoms with Crippen molar-refractivity contribution in [1.29, 1.82) is 0 Å². The first kappa shape index (κ1) is 18.1. The van der Waals surface area contributed by atoms with Crippen LogP contribution in [0.25, 0.3) is 0 Å². The van der Waals surface area contributed by atoms with Gasteiger partial charge < -0.3 is 20.7 Å². The molecule has 2 rings (SSSR count). The van der Waals surface area contributed by atoms with Crippen LogP contribution >= 0.6 is 0 Å². The number of carbonyl (C=O) groups excluding carboxylic acids is 2. The number of nitrogens with two attached hydrogens (primary N) is 1. The average molecular weight is 333 g/mol. The van der Waals surface area contributed by atoms with Crippen molar-refractivity contribution in [2.24, 2.45) is 5.73 Å². The molecule has 6 nitrogen and oxygen atoms in total. The summed E-state index contributed by atoms with van der Waals surface area (Å²) in [5, 5.41) is 2.59. The van der Waals surface area contributed by atoms with Gasteiger partial charge in [0.1, 0.15) is 11.8 Å². The Bertz CT molecular complexity index is 576. The molecule has 1 aliphatic heterocycles. The molecule has 1 aliphatic rings. The third kappa shape index (κ3) is 4.40. The van der Waals surface area contributed by atoms with Crippen molar-refractivity contribution in [3.63, 3.8) is 0 Å². The minimum absolute atomic E-state index is 0.0342. The van der Waals surface area contributed by atoms with Gasteiger partial charge in [-0.05, 0) is 37.3 Å². The molecule has 0 radical (unpaired) electrons. The van der Waals surface area contributed by atoms with Gasteiger partial charge in [0.15, 0.2) is 0 Å². The number of amides is 3. The lowest BCUT2D eigenvalue weighted by Gasteiger charge is -2.29. The molecule has 0 aromatic heterocycles. The molecule has 1 heterocycles. The van der Waals surface area contributed by atoms with E-state index in [2.05, 4.69) is 5.32 Å². The fourth-order valence-electron chi connectivity index (χ4n) is 3.38. The zero-order chi connectivity index (χ0) is 17.5. The molecule has 2 atom stereocenters. The van der Waals surface area contributed by atoms with Crippen molar-refractivity contribution >= 4 is 11.9 Å². The van der Waals surface area contributed by atoms with Crippen LogP contribution in [0.3, 0.4) is 0 Å². The van der Waals surface area contributed by atoms with Gasteiger partial charge >= 0.3 is 6.03 Å². The lowest BCUT2D eigenvalue weighted by molar-refractivity contribution is -0.134. The maximum absolute atomic E-state index is 12.9. The number of para-hydroxylation sites is 1. The predicted molar refractivity (Wildman–Crippen MR) is 92.8 cm³/mol. The molecule has 1 fully saturated rings. The van der Waals surface area contributed by atoms with E-state index in [1.165, 1.54) is 0 Å². The van der Waals surface area contributed by atoms with Gasteiger partial charge in [-0.1, -0.05) is 31.5 Å². The molecular weight excluding hydrogens is 306 g/mol. The van der Waals surface area contributed by atoms with E-state index < -0.39 is 12.1 Å². The molecule has 3 N–H and O–H groups in total. The maximum Gasteiger partial charge on any atom is 0.312 e. The van der Waals surface area contributed by atoms with Gasteiger partial charge in [-0.2, -0.15) is 0 Å². The summed E-state index contributed by atoms with van der Waals surface area (Å²) >= 11 is 0. The number of likely N-dealkylation sites (tertiary alicyclic amines) is 1. The fraction of sp³-hybridized carbons (Fsp3) is 0.556. The van der Waals surface area contributed by atoms with Gasteiger partial charge in [0.05, 0.1) is 7.11 Å². The highest BCUT2D eigenvalue weighted by Gasteiger charge is 2.33. The fourth-order valence-corrected chi connectivity index (χ4v) is 3.38. The van der Waals surface area contributed by atoms with Crippen molar-refractivity contribution in [2.45, 2.75) is 51.1 Å². The first-order valence-corrected chi connectivity index (χ1v) is 8.55. The van der Waals surface area contributed by atoms with Crippen LogP contribution in [0.1, 0.15) is 38.2 Å². The molecule has 0 aliphatic carbocycles. The predicted octanol–water partition coefficient (Wildman–Crippen LogP) is 2.07. The molecule has 6 heteroatoms. The number of nitrogens with one attached hydrogen (secondary N) is 1. The lowest BCUT2D eigenvalue weighted by Crippen LogP contribution is -2.51. The second kappa shape index (κ2) is 8.57. The Balaban J connectivity index is 2.11. The number of primary amides is 1. The quantitative estimate of drug-likeness (QED) is 0.801.